The van der Waals surface area contributed by atoms with Crippen molar-refractivity contribution in [2.24, 2.45) is 0 Å². The third kappa shape index (κ3) is 3.48. The molecule has 1 aromatic heterocycles. The zero-order valence-electron chi connectivity index (χ0n) is 14.4. The fourth-order valence-corrected chi connectivity index (χ4v) is 3.54. The van der Waals surface area contributed by atoms with Gasteiger partial charge in [-0.05, 0) is 44.9 Å². The lowest BCUT2D eigenvalue weighted by atomic mass is 9.96. The summed E-state index contributed by atoms with van der Waals surface area (Å²) in [5.74, 6) is -0.319. The number of nitrogens with one attached hydrogen (secondary N) is 1. The van der Waals surface area contributed by atoms with Crippen molar-refractivity contribution in [1.29, 1.82) is 0 Å². The number of amides is 1. The van der Waals surface area contributed by atoms with E-state index in [4.69, 9.17) is 0 Å². The Morgan fingerprint density at radius 2 is 2.04 bits per heavy atom. The topological polar surface area (TPSA) is 78.3 Å². The van der Waals surface area contributed by atoms with Gasteiger partial charge in [-0.3, -0.25) is 9.36 Å². The van der Waals surface area contributed by atoms with E-state index in [-0.39, 0.29) is 28.5 Å². The third-order valence-electron chi connectivity index (χ3n) is 4.69. The maximum absolute atomic E-state index is 12.8. The molecule has 1 atom stereocenters. The first-order chi connectivity index (χ1) is 12.0. The molecule has 1 fully saturated rings. The number of benzene rings is 1. The van der Waals surface area contributed by atoms with E-state index in [0.717, 1.165) is 6.42 Å². The summed E-state index contributed by atoms with van der Waals surface area (Å²) in [5, 5.41) is 10.3. The van der Waals surface area contributed by atoms with Crippen LogP contribution in [0.15, 0.2) is 23.0 Å². The van der Waals surface area contributed by atoms with Gasteiger partial charge in [0.25, 0.3) is 5.91 Å². The van der Waals surface area contributed by atoms with E-state index in [1.54, 1.807) is 18.7 Å². The number of alkyl halides is 3. The fourth-order valence-electron chi connectivity index (χ4n) is 3.54. The number of hydrogen-bond acceptors (Lipinski definition) is 3. The predicted octanol–water partition coefficient (Wildman–Crippen LogP) is 2.27. The highest BCUT2D eigenvalue weighted by Gasteiger charge is 2.38. The molecule has 0 bridgehead atoms. The number of likely N-dealkylation sites (tertiary alicyclic amines) is 1. The number of fused-ring (bicyclic) bond motifs is 1. The highest BCUT2D eigenvalue weighted by molar-refractivity contribution is 5.97. The van der Waals surface area contributed by atoms with E-state index in [1.165, 1.54) is 18.2 Å². The Bertz CT molecular complexity index is 893. The molecular formula is C17H20F3N3O3. The van der Waals surface area contributed by atoms with Crippen LogP contribution in [0.3, 0.4) is 0 Å². The van der Waals surface area contributed by atoms with Crippen LogP contribution in [-0.2, 0) is 6.54 Å². The Morgan fingerprint density at radius 3 is 2.65 bits per heavy atom. The molecule has 1 unspecified atom stereocenters. The van der Waals surface area contributed by atoms with Gasteiger partial charge in [-0.25, -0.2) is 4.79 Å². The number of aliphatic hydroxyl groups is 1. The van der Waals surface area contributed by atoms with Gasteiger partial charge in [-0.2, -0.15) is 13.2 Å². The molecular weight excluding hydrogens is 351 g/mol. The minimum Gasteiger partial charge on any atom is -0.388 e. The molecule has 2 heterocycles. The summed E-state index contributed by atoms with van der Waals surface area (Å²) >= 11 is 0. The third-order valence-corrected chi connectivity index (χ3v) is 4.69. The van der Waals surface area contributed by atoms with E-state index in [2.05, 4.69) is 4.98 Å². The minimum absolute atomic E-state index is 0.0873. The van der Waals surface area contributed by atoms with Crippen molar-refractivity contribution in [2.75, 3.05) is 6.54 Å². The van der Waals surface area contributed by atoms with Crippen LogP contribution in [0.25, 0.3) is 11.0 Å². The molecule has 3 rings (SSSR count). The second-order valence-corrected chi connectivity index (χ2v) is 7.17. The Balaban J connectivity index is 1.95. The molecule has 6 nitrogen and oxygen atoms in total. The fraction of sp³-hybridized carbons (Fsp3) is 0.529. The number of aromatic amines is 1. The minimum atomic E-state index is -4.52. The molecule has 2 aromatic rings. The number of nitrogens with zero attached hydrogens (tertiary/aromatic N) is 2. The number of halogens is 3. The van der Waals surface area contributed by atoms with Crippen molar-refractivity contribution < 1.29 is 23.1 Å². The first-order valence-corrected chi connectivity index (χ1v) is 8.30. The van der Waals surface area contributed by atoms with Crippen molar-refractivity contribution in [2.45, 2.75) is 51.1 Å². The van der Waals surface area contributed by atoms with Crippen molar-refractivity contribution in [3.8, 4) is 0 Å². The zero-order valence-corrected chi connectivity index (χ0v) is 14.4. The lowest BCUT2D eigenvalue weighted by Crippen LogP contribution is -2.48. The van der Waals surface area contributed by atoms with Gasteiger partial charge in [0.05, 0.1) is 22.7 Å². The SMILES string of the molecule is CC(C)(O)C1CCCN1C(=O)c1ccc2c(c1)[nH]c(=O)n2CC(F)(F)F. The maximum atomic E-state index is 12.8. The van der Waals surface area contributed by atoms with Crippen molar-refractivity contribution in [3.63, 3.8) is 0 Å². The number of aromatic nitrogens is 2. The van der Waals surface area contributed by atoms with E-state index in [0.29, 0.717) is 17.5 Å². The Hall–Kier alpha value is -2.29. The van der Waals surface area contributed by atoms with Crippen LogP contribution in [0, 0.1) is 0 Å². The normalized spacial score (nSPS) is 18.7. The second-order valence-electron chi connectivity index (χ2n) is 7.17. The molecule has 0 radical (unpaired) electrons. The summed E-state index contributed by atoms with van der Waals surface area (Å²) in [7, 11) is 0. The molecule has 1 aliphatic heterocycles. The van der Waals surface area contributed by atoms with Crippen LogP contribution in [-0.4, -0.2) is 49.8 Å². The van der Waals surface area contributed by atoms with Gasteiger partial charge in [0.1, 0.15) is 6.54 Å². The summed E-state index contributed by atoms with van der Waals surface area (Å²) in [6, 6.07) is 3.79. The highest BCUT2D eigenvalue weighted by atomic mass is 19.4. The standard InChI is InChI=1S/C17H20F3N3O3/c1-16(2,26)13-4-3-7-22(13)14(24)10-5-6-12-11(8-10)21-15(25)23(12)9-17(18,19)20/h5-6,8,13,26H,3-4,7,9H2,1-2H3,(H,21,25). The number of imidazole rings is 1. The number of carbonyl (C=O) groups is 1. The van der Waals surface area contributed by atoms with Crippen LogP contribution in [0.1, 0.15) is 37.0 Å². The maximum Gasteiger partial charge on any atom is 0.406 e. The monoisotopic (exact) mass is 371 g/mol. The Labute approximate surface area is 147 Å². The van der Waals surface area contributed by atoms with Crippen LogP contribution in [0.4, 0.5) is 13.2 Å². The van der Waals surface area contributed by atoms with Crippen LogP contribution in [0.2, 0.25) is 0 Å². The lowest BCUT2D eigenvalue weighted by molar-refractivity contribution is -0.140. The molecule has 26 heavy (non-hydrogen) atoms. The largest absolute Gasteiger partial charge is 0.406 e. The van der Waals surface area contributed by atoms with Gasteiger partial charge >= 0.3 is 11.9 Å². The van der Waals surface area contributed by atoms with E-state index in [9.17, 15) is 27.9 Å². The van der Waals surface area contributed by atoms with Gasteiger partial charge in [-0.1, -0.05) is 0 Å². The van der Waals surface area contributed by atoms with Gasteiger partial charge in [0, 0.05) is 12.1 Å². The summed E-state index contributed by atoms with van der Waals surface area (Å²) in [6.45, 7) is 2.38. The molecule has 9 heteroatoms. The summed E-state index contributed by atoms with van der Waals surface area (Å²) < 4.78 is 38.5. The number of rotatable bonds is 3. The van der Waals surface area contributed by atoms with Crippen LogP contribution >= 0.6 is 0 Å². The van der Waals surface area contributed by atoms with Crippen molar-refractivity contribution in [1.82, 2.24) is 14.5 Å². The molecule has 0 spiro atoms. The van der Waals surface area contributed by atoms with E-state index < -0.39 is 24.0 Å². The molecule has 2 N–H and O–H groups in total. The van der Waals surface area contributed by atoms with Crippen molar-refractivity contribution in [3.05, 3.63) is 34.2 Å². The average Bonchev–Trinajstić information content (AvgIpc) is 3.10. The quantitative estimate of drug-likeness (QED) is 0.869. The summed E-state index contributed by atoms with van der Waals surface area (Å²) in [5.41, 5.74) is -1.42. The van der Waals surface area contributed by atoms with Gasteiger partial charge in [0.15, 0.2) is 0 Å². The van der Waals surface area contributed by atoms with E-state index >= 15 is 0 Å². The summed E-state index contributed by atoms with van der Waals surface area (Å²) in [4.78, 5) is 28.6. The zero-order chi connectivity index (χ0) is 19.3. The molecule has 1 aromatic carbocycles. The highest BCUT2D eigenvalue weighted by Crippen LogP contribution is 2.29. The lowest BCUT2D eigenvalue weighted by Gasteiger charge is -2.33. The van der Waals surface area contributed by atoms with Crippen LogP contribution in [0.5, 0.6) is 0 Å². The molecule has 1 aliphatic rings. The smallest absolute Gasteiger partial charge is 0.388 e. The van der Waals surface area contributed by atoms with Crippen molar-refractivity contribution >= 4 is 16.9 Å². The second kappa shape index (κ2) is 6.15. The van der Waals surface area contributed by atoms with Gasteiger partial charge in [0.2, 0.25) is 0 Å². The first-order valence-electron chi connectivity index (χ1n) is 8.30. The first kappa shape index (κ1) is 18.5. The molecule has 1 amide bonds. The molecule has 0 saturated carbocycles. The van der Waals surface area contributed by atoms with Crippen LogP contribution < -0.4 is 5.69 Å². The molecule has 0 aliphatic carbocycles. The van der Waals surface area contributed by atoms with Gasteiger partial charge < -0.3 is 15.0 Å². The molecule has 142 valence electrons. The number of hydrogen-bond donors (Lipinski definition) is 2. The van der Waals surface area contributed by atoms with E-state index in [1.807, 2.05) is 0 Å². The molecule has 1 saturated heterocycles. The average molecular weight is 371 g/mol. The Morgan fingerprint density at radius 1 is 1.35 bits per heavy atom. The number of H-pyrrole nitrogens is 1. The Kier molecular flexibility index (Phi) is 4.38. The predicted molar refractivity (Wildman–Crippen MR) is 89.0 cm³/mol. The summed E-state index contributed by atoms with van der Waals surface area (Å²) in [6.07, 6.45) is -3.08. The van der Waals surface area contributed by atoms with Gasteiger partial charge in [-0.15, -0.1) is 0 Å². The number of carbonyl (C=O) groups excluding carboxylic acids is 1.